The van der Waals surface area contributed by atoms with Crippen molar-refractivity contribution in [3.8, 4) is 6.07 Å². The number of halogens is 2. The van der Waals surface area contributed by atoms with Crippen LogP contribution in [0.25, 0.3) is 10.1 Å². The van der Waals surface area contributed by atoms with Crippen LogP contribution in [0.1, 0.15) is 46.0 Å². The Kier molecular flexibility index (Phi) is 8.97. The van der Waals surface area contributed by atoms with E-state index in [-0.39, 0.29) is 40.8 Å². The highest BCUT2D eigenvalue weighted by Crippen LogP contribution is 2.59. The summed E-state index contributed by atoms with van der Waals surface area (Å²) >= 11 is 0.892. The zero-order valence-corrected chi connectivity index (χ0v) is 27.9. The summed E-state index contributed by atoms with van der Waals surface area (Å²) in [4.78, 5) is 62.8. The third-order valence-corrected chi connectivity index (χ3v) is 13.2. The maximum absolute atomic E-state index is 14.3. The predicted octanol–water partition coefficient (Wildman–Crippen LogP) is 3.80. The van der Waals surface area contributed by atoms with Crippen molar-refractivity contribution in [3.05, 3.63) is 70.6 Å². The molecule has 0 spiro atoms. The van der Waals surface area contributed by atoms with E-state index in [9.17, 15) is 37.2 Å². The van der Waals surface area contributed by atoms with E-state index >= 15 is 0 Å². The number of likely N-dealkylation sites (tertiary alicyclic amines) is 1. The number of thiophene rings is 1. The number of rotatable bonds is 6. The molecule has 3 aliphatic rings. The van der Waals surface area contributed by atoms with Crippen LogP contribution in [0.5, 0.6) is 0 Å². The van der Waals surface area contributed by atoms with E-state index in [0.29, 0.717) is 24.1 Å². The SMILES string of the molecule is N#C[C@@H]1CN(C(=O)[C@@H]2CC[C@@H]3CCS(=N)(=O)C[C@H](NC(=O)c4cc5cc(C(F)(F)P(=O)(O)O)ccc5s4)C(=O)N32)C[C@H]1c1ccccc1. The molecule has 3 saturated heterocycles. The normalized spacial score (nSPS) is 28.1. The number of carbonyl (C=O) groups is 3. The Morgan fingerprint density at radius 2 is 1.83 bits per heavy atom. The van der Waals surface area contributed by atoms with E-state index < -0.39 is 70.2 Å². The fourth-order valence-corrected chi connectivity index (χ4v) is 9.88. The minimum Gasteiger partial charge on any atom is -0.339 e. The first kappa shape index (κ1) is 34.1. The maximum Gasteiger partial charge on any atom is 0.399 e. The molecule has 12 nitrogen and oxygen atoms in total. The van der Waals surface area contributed by atoms with Crippen LogP contribution in [0.2, 0.25) is 0 Å². The third kappa shape index (κ3) is 6.37. The van der Waals surface area contributed by atoms with Crippen molar-refractivity contribution < 1.29 is 41.7 Å². The first-order valence-electron chi connectivity index (χ1n) is 15.2. The molecular weight excluding hydrogens is 687 g/mol. The van der Waals surface area contributed by atoms with Gasteiger partial charge in [0.05, 0.1) is 22.6 Å². The number of hydrogen-bond acceptors (Lipinski definition) is 8. The molecule has 2 aromatic carbocycles. The predicted molar refractivity (Wildman–Crippen MR) is 173 cm³/mol. The molecule has 0 bridgehead atoms. The summed E-state index contributed by atoms with van der Waals surface area (Å²) in [5.41, 5.74) is -4.44. The van der Waals surface area contributed by atoms with E-state index in [1.54, 1.807) is 4.90 Å². The lowest BCUT2D eigenvalue weighted by atomic mass is 9.90. The lowest BCUT2D eigenvalue weighted by Gasteiger charge is -2.36. The van der Waals surface area contributed by atoms with Crippen LogP contribution in [0.15, 0.2) is 54.6 Å². The topological polar surface area (TPSA) is 192 Å². The molecule has 0 aliphatic carbocycles. The van der Waals surface area contributed by atoms with Gasteiger partial charge in [-0.2, -0.15) is 14.0 Å². The van der Waals surface area contributed by atoms with Crippen LogP contribution in [-0.4, -0.2) is 84.2 Å². The summed E-state index contributed by atoms with van der Waals surface area (Å²) in [5, 5.41) is 12.5. The number of benzene rings is 2. The van der Waals surface area contributed by atoms with Crippen molar-refractivity contribution in [3.63, 3.8) is 0 Å². The standard InChI is InChI=1S/C31H32F2N5O7PS2/c32-31(33,46(42,43)44)21-6-9-26-19(12-21)13-27(47-26)28(39)36-24-17-48(35,45)11-10-22-7-8-25(38(22)29(24)40)30(41)37-15-20(14-34)23(16-37)18-4-2-1-3-5-18/h1-6,9,12-13,20,22-25,35H,7-8,10-11,15-17H2,(H,36,39)(H2,42,43,44)/t20-,22-,23+,24+,25+,48?/m1/s1. The van der Waals surface area contributed by atoms with E-state index in [2.05, 4.69) is 11.4 Å². The zero-order valence-electron chi connectivity index (χ0n) is 25.3. The van der Waals surface area contributed by atoms with Gasteiger partial charge in [-0.05, 0) is 48.4 Å². The molecule has 4 heterocycles. The Morgan fingerprint density at radius 1 is 1.10 bits per heavy atom. The molecule has 4 N–H and O–H groups in total. The fraction of sp³-hybridized carbons (Fsp3) is 0.419. The number of nitriles is 1. The second-order valence-corrected chi connectivity index (χ2v) is 17.5. The number of nitrogens with one attached hydrogen (secondary N) is 2. The van der Waals surface area contributed by atoms with Crippen LogP contribution < -0.4 is 5.32 Å². The van der Waals surface area contributed by atoms with Crippen LogP contribution in [-0.2, 0) is 29.5 Å². The number of carbonyl (C=O) groups excluding carboxylic acids is 3. The van der Waals surface area contributed by atoms with Crippen LogP contribution in [0.3, 0.4) is 0 Å². The Balaban J connectivity index is 1.23. The Hall–Kier alpha value is -3.74. The van der Waals surface area contributed by atoms with Gasteiger partial charge in [0.2, 0.25) is 11.8 Å². The molecule has 6 atom stereocenters. The molecule has 0 radical (unpaired) electrons. The van der Waals surface area contributed by atoms with E-state index in [1.807, 2.05) is 30.3 Å². The van der Waals surface area contributed by atoms with Gasteiger partial charge in [0, 0.05) is 50.8 Å². The average molecular weight is 720 g/mol. The van der Waals surface area contributed by atoms with E-state index in [1.165, 1.54) is 17.0 Å². The first-order valence-corrected chi connectivity index (χ1v) is 19.5. The van der Waals surface area contributed by atoms with Gasteiger partial charge in [-0.25, -0.2) is 4.21 Å². The first-order chi connectivity index (χ1) is 22.6. The van der Waals surface area contributed by atoms with Crippen molar-refractivity contribution in [2.75, 3.05) is 24.6 Å². The molecule has 1 unspecified atom stereocenters. The number of amides is 3. The quantitative estimate of drug-likeness (QED) is 0.277. The molecule has 3 aromatic rings. The van der Waals surface area contributed by atoms with Crippen molar-refractivity contribution in [1.29, 1.82) is 10.0 Å². The van der Waals surface area contributed by atoms with Crippen LogP contribution in [0.4, 0.5) is 8.78 Å². The summed E-state index contributed by atoms with van der Waals surface area (Å²) in [6.07, 6.45) is 1.02. The summed E-state index contributed by atoms with van der Waals surface area (Å²) in [6, 6.07) is 13.2. The van der Waals surface area contributed by atoms with Gasteiger partial charge < -0.3 is 24.9 Å². The molecule has 17 heteroatoms. The number of alkyl halides is 2. The highest BCUT2D eigenvalue weighted by molar-refractivity contribution is 7.92. The Bertz CT molecular complexity index is 1980. The highest BCUT2D eigenvalue weighted by Gasteiger charge is 2.51. The molecule has 48 heavy (non-hydrogen) atoms. The van der Waals surface area contributed by atoms with Crippen molar-refractivity contribution in [2.24, 2.45) is 5.92 Å². The largest absolute Gasteiger partial charge is 0.399 e. The second-order valence-electron chi connectivity index (χ2n) is 12.4. The molecule has 3 fully saturated rings. The van der Waals surface area contributed by atoms with Crippen LogP contribution >= 0.6 is 18.9 Å². The fourth-order valence-electron chi connectivity index (χ4n) is 6.88. The van der Waals surface area contributed by atoms with Gasteiger partial charge in [0.15, 0.2) is 0 Å². The number of nitrogens with zero attached hydrogens (tertiary/aromatic N) is 3. The minimum absolute atomic E-state index is 0.00912. The van der Waals surface area contributed by atoms with Crippen LogP contribution in [0, 0.1) is 22.0 Å². The summed E-state index contributed by atoms with van der Waals surface area (Å²) in [5.74, 6) is -2.91. The third-order valence-electron chi connectivity index (χ3n) is 9.34. The Morgan fingerprint density at radius 3 is 2.52 bits per heavy atom. The summed E-state index contributed by atoms with van der Waals surface area (Å²) in [6.45, 7) is 0.505. The van der Waals surface area contributed by atoms with Gasteiger partial charge in [0.1, 0.15) is 12.1 Å². The summed E-state index contributed by atoms with van der Waals surface area (Å²) < 4.78 is 61.9. The monoisotopic (exact) mass is 719 g/mol. The molecular formula is C31H32F2N5O7PS2. The minimum atomic E-state index is -5.82. The Labute approximate surface area is 278 Å². The van der Waals surface area contributed by atoms with Crippen molar-refractivity contribution in [1.82, 2.24) is 15.1 Å². The van der Waals surface area contributed by atoms with Gasteiger partial charge >= 0.3 is 13.3 Å². The molecule has 3 aliphatic heterocycles. The number of hydrogen-bond donors (Lipinski definition) is 4. The smallest absolute Gasteiger partial charge is 0.339 e. The highest BCUT2D eigenvalue weighted by atomic mass is 32.2. The van der Waals surface area contributed by atoms with Crippen molar-refractivity contribution in [2.45, 2.75) is 49.0 Å². The zero-order chi connectivity index (χ0) is 34.6. The molecule has 3 amide bonds. The molecule has 6 rings (SSSR count). The van der Waals surface area contributed by atoms with E-state index in [0.717, 1.165) is 29.0 Å². The lowest BCUT2D eigenvalue weighted by Crippen LogP contribution is -2.59. The average Bonchev–Trinajstić information content (AvgIpc) is 3.78. The molecule has 0 saturated carbocycles. The molecule has 1 aromatic heterocycles. The maximum atomic E-state index is 14.3. The van der Waals surface area contributed by atoms with Gasteiger partial charge in [-0.15, -0.1) is 11.3 Å². The lowest BCUT2D eigenvalue weighted by molar-refractivity contribution is -0.145. The number of fused-ring (bicyclic) bond motifs is 2. The van der Waals surface area contributed by atoms with E-state index in [4.69, 9.17) is 14.6 Å². The summed E-state index contributed by atoms with van der Waals surface area (Å²) in [7, 11) is -9.12. The van der Waals surface area contributed by atoms with Gasteiger partial charge in [-0.3, -0.25) is 23.7 Å². The van der Waals surface area contributed by atoms with Crippen molar-refractivity contribution >= 4 is 56.5 Å². The van der Waals surface area contributed by atoms with Gasteiger partial charge in [0.25, 0.3) is 5.91 Å². The molecule has 254 valence electrons. The van der Waals surface area contributed by atoms with Gasteiger partial charge in [-0.1, -0.05) is 36.4 Å². The second kappa shape index (κ2) is 12.6.